The SMILES string of the molecule is N#CC(c1ncc(Br)cc1Br)N1CCCCCC1. The second-order valence-electron chi connectivity index (χ2n) is 4.50. The van der Waals surface area contributed by atoms with Crippen molar-refractivity contribution in [2.45, 2.75) is 31.7 Å². The maximum atomic E-state index is 9.45. The molecule has 0 bridgehead atoms. The smallest absolute Gasteiger partial charge is 0.142 e. The molecule has 1 fully saturated rings. The number of hydrogen-bond acceptors (Lipinski definition) is 3. The Bertz CT molecular complexity index is 448. The molecule has 1 atom stereocenters. The van der Waals surface area contributed by atoms with Gasteiger partial charge in [0.25, 0.3) is 0 Å². The van der Waals surface area contributed by atoms with Crippen LogP contribution in [0.3, 0.4) is 0 Å². The second-order valence-corrected chi connectivity index (χ2v) is 6.27. The number of likely N-dealkylation sites (tertiary alicyclic amines) is 1. The third kappa shape index (κ3) is 3.31. The monoisotopic (exact) mass is 371 g/mol. The van der Waals surface area contributed by atoms with Crippen LogP contribution in [0.15, 0.2) is 21.2 Å². The average Bonchev–Trinajstić information content (AvgIpc) is 2.62. The molecule has 0 N–H and O–H groups in total. The van der Waals surface area contributed by atoms with Gasteiger partial charge in [0.1, 0.15) is 6.04 Å². The highest BCUT2D eigenvalue weighted by molar-refractivity contribution is 9.11. The van der Waals surface area contributed by atoms with E-state index in [1.165, 1.54) is 25.7 Å². The van der Waals surface area contributed by atoms with Gasteiger partial charge in [-0.15, -0.1) is 0 Å². The van der Waals surface area contributed by atoms with Crippen molar-refractivity contribution in [2.24, 2.45) is 0 Å². The lowest BCUT2D eigenvalue weighted by molar-refractivity contribution is 0.241. The third-order valence-corrected chi connectivity index (χ3v) is 4.29. The van der Waals surface area contributed by atoms with Gasteiger partial charge in [-0.3, -0.25) is 9.88 Å². The fourth-order valence-corrected chi connectivity index (χ4v) is 3.50. The fourth-order valence-electron chi connectivity index (χ4n) is 2.30. The molecule has 3 nitrogen and oxygen atoms in total. The Morgan fingerprint density at radius 3 is 2.44 bits per heavy atom. The molecule has 2 heterocycles. The Labute approximate surface area is 124 Å². The molecule has 0 amide bonds. The molecule has 2 rings (SSSR count). The summed E-state index contributed by atoms with van der Waals surface area (Å²) in [6, 6.07) is 4.10. The van der Waals surface area contributed by atoms with Crippen molar-refractivity contribution in [1.82, 2.24) is 9.88 Å². The van der Waals surface area contributed by atoms with Gasteiger partial charge in [0, 0.05) is 15.1 Å². The van der Waals surface area contributed by atoms with Crippen molar-refractivity contribution in [3.8, 4) is 6.07 Å². The Kier molecular flexibility index (Phi) is 5.16. The van der Waals surface area contributed by atoms with Crippen LogP contribution in [0, 0.1) is 11.3 Å². The Balaban J connectivity index is 2.24. The lowest BCUT2D eigenvalue weighted by Gasteiger charge is -2.25. The van der Waals surface area contributed by atoms with Crippen LogP contribution in [0.25, 0.3) is 0 Å². The summed E-state index contributed by atoms with van der Waals surface area (Å²) in [5, 5.41) is 9.45. The number of nitriles is 1. The molecule has 1 aliphatic heterocycles. The maximum absolute atomic E-state index is 9.45. The molecule has 1 aliphatic rings. The van der Waals surface area contributed by atoms with Crippen LogP contribution in [-0.2, 0) is 0 Å². The fraction of sp³-hybridized carbons (Fsp3) is 0.538. The highest BCUT2D eigenvalue weighted by Gasteiger charge is 2.24. The molecule has 1 saturated heterocycles. The molecule has 0 radical (unpaired) electrons. The minimum absolute atomic E-state index is 0.245. The summed E-state index contributed by atoms with van der Waals surface area (Å²) >= 11 is 6.89. The van der Waals surface area contributed by atoms with Gasteiger partial charge in [-0.2, -0.15) is 5.26 Å². The number of hydrogen-bond donors (Lipinski definition) is 0. The summed E-state index contributed by atoms with van der Waals surface area (Å²) in [6.45, 7) is 1.98. The molecule has 96 valence electrons. The zero-order chi connectivity index (χ0) is 13.0. The highest BCUT2D eigenvalue weighted by Crippen LogP contribution is 2.29. The van der Waals surface area contributed by atoms with Gasteiger partial charge in [-0.25, -0.2) is 0 Å². The molecule has 1 unspecified atom stereocenters. The number of halogens is 2. The van der Waals surface area contributed by atoms with Gasteiger partial charge in [-0.1, -0.05) is 12.8 Å². The zero-order valence-electron chi connectivity index (χ0n) is 10.1. The Hall–Kier alpha value is -0.440. The van der Waals surface area contributed by atoms with Gasteiger partial charge in [0.05, 0.1) is 11.8 Å². The molecule has 5 heteroatoms. The average molecular weight is 373 g/mol. The third-order valence-electron chi connectivity index (χ3n) is 3.22. The first-order valence-electron chi connectivity index (χ1n) is 6.17. The van der Waals surface area contributed by atoms with Crippen LogP contribution in [0.4, 0.5) is 0 Å². The van der Waals surface area contributed by atoms with Gasteiger partial charge >= 0.3 is 0 Å². The van der Waals surface area contributed by atoms with E-state index in [9.17, 15) is 5.26 Å². The first-order chi connectivity index (χ1) is 8.72. The molecule has 1 aromatic heterocycles. The van der Waals surface area contributed by atoms with Crippen LogP contribution in [0.5, 0.6) is 0 Å². The van der Waals surface area contributed by atoms with E-state index >= 15 is 0 Å². The molecule has 0 aromatic carbocycles. The molecular weight excluding hydrogens is 358 g/mol. The van der Waals surface area contributed by atoms with Crippen LogP contribution in [0.2, 0.25) is 0 Å². The van der Waals surface area contributed by atoms with Crippen LogP contribution in [0.1, 0.15) is 37.4 Å². The van der Waals surface area contributed by atoms with Gasteiger partial charge in [-0.05, 0) is 63.9 Å². The van der Waals surface area contributed by atoms with E-state index in [-0.39, 0.29) is 6.04 Å². The van der Waals surface area contributed by atoms with Crippen LogP contribution < -0.4 is 0 Å². The van der Waals surface area contributed by atoms with E-state index in [0.29, 0.717) is 0 Å². The predicted molar refractivity (Wildman–Crippen MR) is 78.0 cm³/mol. The Morgan fingerprint density at radius 1 is 1.22 bits per heavy atom. The molecular formula is C13H15Br2N3. The van der Waals surface area contributed by atoms with E-state index < -0.39 is 0 Å². The van der Waals surface area contributed by atoms with E-state index in [1.807, 2.05) is 6.07 Å². The first-order valence-corrected chi connectivity index (χ1v) is 7.75. The molecule has 18 heavy (non-hydrogen) atoms. The Morgan fingerprint density at radius 2 is 1.89 bits per heavy atom. The predicted octanol–water partition coefficient (Wildman–Crippen LogP) is 4.05. The summed E-state index contributed by atoms with van der Waals surface area (Å²) in [4.78, 5) is 6.64. The van der Waals surface area contributed by atoms with Crippen molar-refractivity contribution < 1.29 is 0 Å². The molecule has 0 aliphatic carbocycles. The van der Waals surface area contributed by atoms with Gasteiger partial charge in [0.2, 0.25) is 0 Å². The second kappa shape index (κ2) is 6.65. The number of rotatable bonds is 2. The van der Waals surface area contributed by atoms with Crippen molar-refractivity contribution in [3.05, 3.63) is 26.9 Å². The number of nitrogens with zero attached hydrogens (tertiary/aromatic N) is 3. The standard InChI is InChI=1S/C13H15Br2N3/c14-10-7-11(15)13(17-9-10)12(8-16)18-5-3-1-2-4-6-18/h7,9,12H,1-6H2. The quantitative estimate of drug-likeness (QED) is 0.786. The summed E-state index contributed by atoms with van der Waals surface area (Å²) in [5.74, 6) is 0. The summed E-state index contributed by atoms with van der Waals surface area (Å²) in [5.41, 5.74) is 0.822. The van der Waals surface area contributed by atoms with Gasteiger partial charge < -0.3 is 0 Å². The largest absolute Gasteiger partial charge is 0.283 e. The van der Waals surface area contributed by atoms with E-state index in [1.54, 1.807) is 6.20 Å². The van der Waals surface area contributed by atoms with Crippen molar-refractivity contribution in [2.75, 3.05) is 13.1 Å². The number of aromatic nitrogens is 1. The zero-order valence-corrected chi connectivity index (χ0v) is 13.2. The van der Waals surface area contributed by atoms with E-state index in [2.05, 4.69) is 47.8 Å². The lowest BCUT2D eigenvalue weighted by Crippen LogP contribution is -2.29. The normalized spacial score (nSPS) is 18.9. The topological polar surface area (TPSA) is 39.9 Å². The van der Waals surface area contributed by atoms with Crippen molar-refractivity contribution >= 4 is 31.9 Å². The van der Waals surface area contributed by atoms with Crippen LogP contribution >= 0.6 is 31.9 Å². The van der Waals surface area contributed by atoms with Crippen molar-refractivity contribution in [1.29, 1.82) is 5.26 Å². The highest BCUT2D eigenvalue weighted by atomic mass is 79.9. The first kappa shape index (κ1) is 14.0. The lowest BCUT2D eigenvalue weighted by atomic mass is 10.1. The van der Waals surface area contributed by atoms with Gasteiger partial charge in [0.15, 0.2) is 0 Å². The minimum Gasteiger partial charge on any atom is -0.283 e. The number of pyridine rings is 1. The molecule has 1 aromatic rings. The summed E-state index contributed by atoms with van der Waals surface area (Å²) < 4.78 is 1.82. The minimum atomic E-state index is -0.245. The molecule has 0 saturated carbocycles. The van der Waals surface area contributed by atoms with E-state index in [4.69, 9.17) is 0 Å². The summed E-state index contributed by atoms with van der Waals surface area (Å²) in [6.07, 6.45) is 6.63. The van der Waals surface area contributed by atoms with Crippen molar-refractivity contribution in [3.63, 3.8) is 0 Å². The van der Waals surface area contributed by atoms with E-state index in [0.717, 1.165) is 27.7 Å². The molecule has 0 spiro atoms. The maximum Gasteiger partial charge on any atom is 0.142 e. The van der Waals surface area contributed by atoms with Crippen LogP contribution in [-0.4, -0.2) is 23.0 Å². The summed E-state index contributed by atoms with van der Waals surface area (Å²) in [7, 11) is 0.